The number of nitrogens with zero attached hydrogens (tertiary/aromatic N) is 2. The van der Waals surface area contributed by atoms with Crippen molar-refractivity contribution in [3.05, 3.63) is 60.2 Å². The molecule has 166 valence electrons. The Labute approximate surface area is 185 Å². The molecule has 0 heterocycles. The van der Waals surface area contributed by atoms with Gasteiger partial charge in [-0.05, 0) is 56.0 Å². The van der Waals surface area contributed by atoms with Crippen LogP contribution in [0.2, 0.25) is 0 Å². The summed E-state index contributed by atoms with van der Waals surface area (Å²) < 4.78 is 6.39. The standard InChI is InChI=1S/C26H34N2O3/c1-3-5-16-28(17-6-4-2)24-19-20(26(29)30)18-23(27-21-12-10-11-13-21)25(24)31-22-14-8-7-9-15-22/h7-10,12,14-15,18-19,26,29-30H,3-6,11,13,16-17H2,1-2H3. The highest BCUT2D eigenvalue weighted by molar-refractivity contribution is 5.99. The normalized spacial score (nSPS) is 14.5. The van der Waals surface area contributed by atoms with Crippen LogP contribution in [0.1, 0.15) is 64.2 Å². The smallest absolute Gasteiger partial charge is 0.178 e. The maximum absolute atomic E-state index is 9.98. The van der Waals surface area contributed by atoms with Crippen LogP contribution >= 0.6 is 0 Å². The first-order valence-corrected chi connectivity index (χ1v) is 11.4. The molecule has 31 heavy (non-hydrogen) atoms. The molecule has 0 radical (unpaired) electrons. The van der Waals surface area contributed by atoms with E-state index in [0.29, 0.717) is 17.0 Å². The maximum Gasteiger partial charge on any atom is 0.178 e. The van der Waals surface area contributed by atoms with Crippen LogP contribution in [0.3, 0.4) is 0 Å². The fourth-order valence-electron chi connectivity index (χ4n) is 3.63. The van der Waals surface area contributed by atoms with Gasteiger partial charge >= 0.3 is 0 Å². The molecule has 0 saturated heterocycles. The number of rotatable bonds is 11. The Hall–Kier alpha value is -2.63. The molecule has 0 atom stereocenters. The van der Waals surface area contributed by atoms with E-state index in [1.165, 1.54) is 0 Å². The van der Waals surface area contributed by atoms with Crippen molar-refractivity contribution < 1.29 is 14.9 Å². The second-order valence-corrected chi connectivity index (χ2v) is 7.92. The van der Waals surface area contributed by atoms with Gasteiger partial charge in [-0.25, -0.2) is 4.99 Å². The van der Waals surface area contributed by atoms with Crippen LogP contribution in [-0.2, 0) is 0 Å². The lowest BCUT2D eigenvalue weighted by Gasteiger charge is -2.28. The second-order valence-electron chi connectivity index (χ2n) is 7.92. The van der Waals surface area contributed by atoms with Gasteiger partial charge in [0.1, 0.15) is 11.4 Å². The van der Waals surface area contributed by atoms with Gasteiger partial charge in [0.05, 0.1) is 5.69 Å². The van der Waals surface area contributed by atoms with E-state index in [9.17, 15) is 10.2 Å². The van der Waals surface area contributed by atoms with Crippen molar-refractivity contribution >= 4 is 17.1 Å². The van der Waals surface area contributed by atoms with Gasteiger partial charge in [-0.15, -0.1) is 0 Å². The van der Waals surface area contributed by atoms with Gasteiger partial charge in [0.15, 0.2) is 12.0 Å². The van der Waals surface area contributed by atoms with Crippen molar-refractivity contribution in [3.8, 4) is 11.5 Å². The lowest BCUT2D eigenvalue weighted by Crippen LogP contribution is -2.26. The van der Waals surface area contributed by atoms with E-state index in [0.717, 1.165) is 68.8 Å². The quantitative estimate of drug-likeness (QED) is 0.418. The molecule has 0 aromatic heterocycles. The van der Waals surface area contributed by atoms with Crippen molar-refractivity contribution in [3.63, 3.8) is 0 Å². The lowest BCUT2D eigenvalue weighted by atomic mass is 10.1. The average Bonchev–Trinajstić information content (AvgIpc) is 3.29. The van der Waals surface area contributed by atoms with Crippen LogP contribution in [-0.4, -0.2) is 29.0 Å². The second kappa shape index (κ2) is 11.7. The van der Waals surface area contributed by atoms with E-state index in [-0.39, 0.29) is 0 Å². The molecule has 2 N–H and O–H groups in total. The number of allylic oxidation sites excluding steroid dienone is 2. The number of hydrogen-bond donors (Lipinski definition) is 2. The molecule has 1 aliphatic rings. The highest BCUT2D eigenvalue weighted by Crippen LogP contribution is 2.43. The monoisotopic (exact) mass is 422 g/mol. The van der Waals surface area contributed by atoms with Crippen molar-refractivity contribution in [1.29, 1.82) is 0 Å². The van der Waals surface area contributed by atoms with E-state index in [1.807, 2.05) is 42.5 Å². The molecule has 0 unspecified atom stereocenters. The SMILES string of the molecule is CCCCN(CCCC)c1cc(C(O)O)cc(N=C2C=CCC2)c1Oc1ccccc1. The first kappa shape index (κ1) is 23.0. The van der Waals surface area contributed by atoms with E-state index >= 15 is 0 Å². The fraction of sp³-hybridized carbons (Fsp3) is 0.423. The zero-order chi connectivity index (χ0) is 22.1. The number of aliphatic hydroxyl groups is 2. The van der Waals surface area contributed by atoms with Crippen molar-refractivity contribution in [2.45, 2.75) is 58.7 Å². The third-order valence-corrected chi connectivity index (χ3v) is 5.38. The minimum atomic E-state index is -1.57. The average molecular weight is 423 g/mol. The van der Waals surface area contributed by atoms with Crippen LogP contribution in [0.5, 0.6) is 11.5 Å². The Morgan fingerprint density at radius 1 is 1.03 bits per heavy atom. The summed E-state index contributed by atoms with van der Waals surface area (Å²) >= 11 is 0. The topological polar surface area (TPSA) is 65.3 Å². The Morgan fingerprint density at radius 3 is 2.32 bits per heavy atom. The summed E-state index contributed by atoms with van der Waals surface area (Å²) in [7, 11) is 0. The summed E-state index contributed by atoms with van der Waals surface area (Å²) in [4.78, 5) is 7.15. The highest BCUT2D eigenvalue weighted by Gasteiger charge is 2.21. The third-order valence-electron chi connectivity index (χ3n) is 5.38. The van der Waals surface area contributed by atoms with Crippen molar-refractivity contribution in [1.82, 2.24) is 0 Å². The van der Waals surface area contributed by atoms with Crippen LogP contribution < -0.4 is 9.64 Å². The lowest BCUT2D eigenvalue weighted by molar-refractivity contribution is -0.0424. The van der Waals surface area contributed by atoms with E-state index in [4.69, 9.17) is 9.73 Å². The number of ether oxygens (including phenoxy) is 1. The summed E-state index contributed by atoms with van der Waals surface area (Å²) in [5.74, 6) is 1.39. The molecule has 1 aliphatic carbocycles. The van der Waals surface area contributed by atoms with Crippen LogP contribution in [0.15, 0.2) is 59.6 Å². The molecule has 0 amide bonds. The number of anilines is 1. The predicted octanol–water partition coefficient (Wildman–Crippen LogP) is 6.29. The number of para-hydroxylation sites is 1. The van der Waals surface area contributed by atoms with Gasteiger partial charge in [-0.2, -0.15) is 0 Å². The Balaban J connectivity index is 2.14. The van der Waals surface area contributed by atoms with Crippen molar-refractivity contribution in [2.75, 3.05) is 18.0 Å². The fourth-order valence-corrected chi connectivity index (χ4v) is 3.63. The molecule has 5 heteroatoms. The van der Waals surface area contributed by atoms with E-state index < -0.39 is 6.29 Å². The number of aliphatic imine (C=N–C) groups is 1. The van der Waals surface area contributed by atoms with Crippen LogP contribution in [0.25, 0.3) is 0 Å². The van der Waals surface area contributed by atoms with Gasteiger partial charge in [-0.1, -0.05) is 51.0 Å². The molecule has 0 bridgehead atoms. The number of benzene rings is 2. The van der Waals surface area contributed by atoms with Crippen LogP contribution in [0.4, 0.5) is 11.4 Å². The first-order chi connectivity index (χ1) is 15.1. The van der Waals surface area contributed by atoms with E-state index in [1.54, 1.807) is 6.07 Å². The molecule has 0 aliphatic heterocycles. The summed E-state index contributed by atoms with van der Waals surface area (Å²) in [5, 5.41) is 20.0. The summed E-state index contributed by atoms with van der Waals surface area (Å²) in [6.45, 7) is 6.11. The molecule has 0 spiro atoms. The summed E-state index contributed by atoms with van der Waals surface area (Å²) in [5.41, 5.74) is 2.89. The third kappa shape index (κ3) is 6.42. The highest BCUT2D eigenvalue weighted by atomic mass is 16.5. The molecule has 5 nitrogen and oxygen atoms in total. The first-order valence-electron chi connectivity index (χ1n) is 11.4. The predicted molar refractivity (Wildman–Crippen MR) is 128 cm³/mol. The molecule has 2 aromatic rings. The van der Waals surface area contributed by atoms with Gasteiger partial charge in [-0.3, -0.25) is 0 Å². The maximum atomic E-state index is 9.98. The largest absolute Gasteiger partial charge is 0.453 e. The molecule has 3 rings (SSSR count). The zero-order valence-electron chi connectivity index (χ0n) is 18.6. The minimum absolute atomic E-state index is 0.426. The minimum Gasteiger partial charge on any atom is -0.453 e. The molecular weight excluding hydrogens is 388 g/mol. The number of hydrogen-bond acceptors (Lipinski definition) is 5. The van der Waals surface area contributed by atoms with E-state index in [2.05, 4.69) is 24.8 Å². The van der Waals surface area contributed by atoms with Gasteiger partial charge < -0.3 is 19.8 Å². The Kier molecular flexibility index (Phi) is 8.68. The Morgan fingerprint density at radius 2 is 1.74 bits per heavy atom. The molecule has 0 fully saturated rings. The number of unbranched alkanes of at least 4 members (excludes halogenated alkanes) is 2. The van der Waals surface area contributed by atoms with Gasteiger partial charge in [0.2, 0.25) is 0 Å². The molecular formula is C26H34N2O3. The van der Waals surface area contributed by atoms with Gasteiger partial charge in [0, 0.05) is 24.4 Å². The van der Waals surface area contributed by atoms with Crippen LogP contribution in [0, 0.1) is 0 Å². The molecule has 0 saturated carbocycles. The number of aliphatic hydroxyl groups excluding tert-OH is 1. The zero-order valence-corrected chi connectivity index (χ0v) is 18.6. The van der Waals surface area contributed by atoms with Crippen molar-refractivity contribution in [2.24, 2.45) is 4.99 Å². The summed E-state index contributed by atoms with van der Waals surface area (Å²) in [6.07, 6.45) is 8.68. The Bertz CT molecular complexity index is 883. The summed E-state index contributed by atoms with van der Waals surface area (Å²) in [6, 6.07) is 13.3. The van der Waals surface area contributed by atoms with Gasteiger partial charge in [0.25, 0.3) is 0 Å². The molecule has 2 aromatic carbocycles.